The summed E-state index contributed by atoms with van der Waals surface area (Å²) in [4.78, 5) is 26.5. The highest BCUT2D eigenvalue weighted by molar-refractivity contribution is 5.94. The van der Waals surface area contributed by atoms with E-state index in [-0.39, 0.29) is 23.8 Å². The third-order valence-corrected chi connectivity index (χ3v) is 5.53. The highest BCUT2D eigenvalue weighted by Gasteiger charge is 2.42. The Hall–Kier alpha value is -2.87. The zero-order valence-corrected chi connectivity index (χ0v) is 17.5. The number of rotatable bonds is 7. The molecule has 0 radical (unpaired) electrons. The van der Waals surface area contributed by atoms with Crippen molar-refractivity contribution < 1.29 is 19.1 Å². The fraction of sp³-hybridized carbons (Fsp3) is 0.500. The molecule has 0 spiro atoms. The molecule has 1 atom stereocenters. The van der Waals surface area contributed by atoms with Crippen molar-refractivity contribution in [3.05, 3.63) is 42.2 Å². The molecular weight excluding hydrogens is 384 g/mol. The number of nitrogens with zero attached hydrogens (tertiary/aromatic N) is 3. The van der Waals surface area contributed by atoms with E-state index in [0.717, 1.165) is 18.6 Å². The molecule has 1 N–H and O–H groups in total. The van der Waals surface area contributed by atoms with Crippen LogP contribution in [0.15, 0.2) is 36.7 Å². The summed E-state index contributed by atoms with van der Waals surface area (Å²) in [6, 6.07) is 7.98. The van der Waals surface area contributed by atoms with E-state index < -0.39 is 6.10 Å². The van der Waals surface area contributed by atoms with Crippen LogP contribution in [0.25, 0.3) is 0 Å². The van der Waals surface area contributed by atoms with E-state index in [9.17, 15) is 9.59 Å². The largest absolute Gasteiger partial charge is 0.493 e. The first-order chi connectivity index (χ1) is 14.4. The van der Waals surface area contributed by atoms with Crippen molar-refractivity contribution in [1.29, 1.82) is 0 Å². The van der Waals surface area contributed by atoms with Gasteiger partial charge in [0.25, 0.3) is 5.91 Å². The lowest BCUT2D eigenvalue weighted by Gasteiger charge is -2.47. The summed E-state index contributed by atoms with van der Waals surface area (Å²) >= 11 is 0. The van der Waals surface area contributed by atoms with E-state index in [2.05, 4.69) is 17.3 Å². The number of amides is 2. The van der Waals surface area contributed by atoms with Crippen molar-refractivity contribution >= 4 is 17.5 Å². The van der Waals surface area contributed by atoms with Gasteiger partial charge in [-0.25, -0.2) is 0 Å². The van der Waals surface area contributed by atoms with E-state index in [0.29, 0.717) is 32.0 Å². The Labute approximate surface area is 176 Å². The molecule has 160 valence electrons. The first kappa shape index (κ1) is 20.4. The van der Waals surface area contributed by atoms with Gasteiger partial charge in [0.1, 0.15) is 18.4 Å². The zero-order chi connectivity index (χ0) is 21.1. The minimum absolute atomic E-state index is 0.00270. The average Bonchev–Trinajstić information content (AvgIpc) is 3.37. The monoisotopic (exact) mass is 412 g/mol. The predicted octanol–water partition coefficient (Wildman–Crippen LogP) is 2.24. The number of carbonyl (C=O) groups is 2. The van der Waals surface area contributed by atoms with Gasteiger partial charge in [-0.2, -0.15) is 5.10 Å². The van der Waals surface area contributed by atoms with Crippen molar-refractivity contribution in [1.82, 2.24) is 14.7 Å². The van der Waals surface area contributed by atoms with Gasteiger partial charge in [-0.05, 0) is 31.9 Å². The number of aromatic nitrogens is 2. The van der Waals surface area contributed by atoms with Crippen LogP contribution in [-0.2, 0) is 20.9 Å². The first-order valence-electron chi connectivity index (χ1n) is 10.3. The molecule has 30 heavy (non-hydrogen) atoms. The predicted molar refractivity (Wildman–Crippen MR) is 111 cm³/mol. The minimum Gasteiger partial charge on any atom is -0.493 e. The normalized spacial score (nSPS) is 19.9. The maximum Gasteiger partial charge on any atom is 0.253 e. The summed E-state index contributed by atoms with van der Waals surface area (Å²) in [6.45, 7) is 6.81. The summed E-state index contributed by atoms with van der Waals surface area (Å²) < 4.78 is 12.8. The zero-order valence-electron chi connectivity index (χ0n) is 17.5. The number of benzene rings is 1. The second-order valence-corrected chi connectivity index (χ2v) is 8.58. The van der Waals surface area contributed by atoms with E-state index in [1.807, 2.05) is 36.1 Å². The number of ether oxygens (including phenoxy) is 2. The van der Waals surface area contributed by atoms with Gasteiger partial charge in [0.15, 0.2) is 0 Å². The van der Waals surface area contributed by atoms with E-state index >= 15 is 0 Å². The van der Waals surface area contributed by atoms with Crippen LogP contribution in [-0.4, -0.2) is 58.9 Å². The van der Waals surface area contributed by atoms with Crippen LogP contribution in [0.2, 0.25) is 0 Å². The van der Waals surface area contributed by atoms with Gasteiger partial charge < -0.3 is 19.7 Å². The van der Waals surface area contributed by atoms with Crippen LogP contribution in [0.5, 0.6) is 5.75 Å². The Balaban J connectivity index is 1.22. The molecule has 2 aromatic rings. The maximum absolute atomic E-state index is 12.6. The van der Waals surface area contributed by atoms with Gasteiger partial charge in [-0.3, -0.25) is 14.3 Å². The summed E-state index contributed by atoms with van der Waals surface area (Å²) in [7, 11) is 0. The Morgan fingerprint density at radius 1 is 1.30 bits per heavy atom. The van der Waals surface area contributed by atoms with Crippen molar-refractivity contribution in [2.45, 2.75) is 39.3 Å². The third-order valence-electron chi connectivity index (χ3n) is 5.53. The number of aryl methyl sites for hydroxylation is 1. The fourth-order valence-corrected chi connectivity index (χ4v) is 3.80. The SMILES string of the molecule is Cc1ccc(OCC2(C)CN(C(=O)Cn3cc(NC(=O)[C@H]4CCCO4)cn3)C2)cc1. The lowest BCUT2D eigenvalue weighted by Crippen LogP contribution is -2.60. The van der Waals surface area contributed by atoms with Gasteiger partial charge in [0, 0.05) is 31.3 Å². The van der Waals surface area contributed by atoms with Gasteiger partial charge in [0.05, 0.1) is 18.5 Å². The van der Waals surface area contributed by atoms with Gasteiger partial charge in [-0.15, -0.1) is 0 Å². The van der Waals surface area contributed by atoms with Crippen LogP contribution in [0, 0.1) is 12.3 Å². The lowest BCUT2D eigenvalue weighted by molar-refractivity contribution is -0.145. The fourth-order valence-electron chi connectivity index (χ4n) is 3.80. The Kier molecular flexibility index (Phi) is 5.76. The molecule has 0 unspecified atom stereocenters. The molecule has 2 fully saturated rings. The quantitative estimate of drug-likeness (QED) is 0.754. The molecule has 1 aromatic carbocycles. The number of anilines is 1. The third kappa shape index (κ3) is 4.81. The van der Waals surface area contributed by atoms with Crippen LogP contribution in [0.4, 0.5) is 5.69 Å². The molecule has 0 aliphatic carbocycles. The molecular formula is C22H28N4O4. The summed E-state index contributed by atoms with van der Waals surface area (Å²) in [6.07, 6.45) is 4.46. The smallest absolute Gasteiger partial charge is 0.253 e. The highest BCUT2D eigenvalue weighted by atomic mass is 16.5. The Morgan fingerprint density at radius 3 is 2.77 bits per heavy atom. The van der Waals surface area contributed by atoms with Gasteiger partial charge in [0.2, 0.25) is 5.91 Å². The Morgan fingerprint density at radius 2 is 2.07 bits per heavy atom. The maximum atomic E-state index is 12.6. The van der Waals surface area contributed by atoms with Crippen molar-refractivity contribution in [3.63, 3.8) is 0 Å². The number of nitrogens with one attached hydrogen (secondary N) is 1. The van der Waals surface area contributed by atoms with Gasteiger partial charge >= 0.3 is 0 Å². The molecule has 8 nitrogen and oxygen atoms in total. The number of likely N-dealkylation sites (tertiary alicyclic amines) is 1. The molecule has 2 amide bonds. The standard InChI is InChI=1S/C22H28N4O4/c1-16-5-7-18(8-6-16)30-15-22(2)13-25(14-22)20(27)12-26-11-17(10-23-26)24-21(28)19-4-3-9-29-19/h5-8,10-11,19H,3-4,9,12-15H2,1-2H3,(H,24,28)/t19-/m1/s1. The van der Waals surface area contributed by atoms with Gasteiger partial charge in [-0.1, -0.05) is 24.6 Å². The van der Waals surface area contributed by atoms with Crippen molar-refractivity contribution in [2.75, 3.05) is 31.6 Å². The molecule has 2 aliphatic heterocycles. The molecule has 2 aliphatic rings. The van der Waals surface area contributed by atoms with E-state index in [4.69, 9.17) is 9.47 Å². The molecule has 0 saturated carbocycles. The molecule has 4 rings (SSSR count). The second kappa shape index (κ2) is 8.47. The molecule has 1 aromatic heterocycles. The average molecular weight is 412 g/mol. The molecule has 0 bridgehead atoms. The first-order valence-corrected chi connectivity index (χ1v) is 10.3. The molecule has 3 heterocycles. The summed E-state index contributed by atoms with van der Waals surface area (Å²) in [5, 5.41) is 6.98. The van der Waals surface area contributed by atoms with E-state index in [1.54, 1.807) is 17.1 Å². The van der Waals surface area contributed by atoms with Crippen LogP contribution in [0.1, 0.15) is 25.3 Å². The molecule has 2 saturated heterocycles. The van der Waals surface area contributed by atoms with Crippen LogP contribution in [0.3, 0.4) is 0 Å². The number of hydrogen-bond donors (Lipinski definition) is 1. The summed E-state index contributed by atoms with van der Waals surface area (Å²) in [5.74, 6) is 0.689. The number of carbonyl (C=O) groups excluding carboxylic acids is 2. The summed E-state index contributed by atoms with van der Waals surface area (Å²) in [5.41, 5.74) is 1.72. The Bertz CT molecular complexity index is 896. The highest BCUT2D eigenvalue weighted by Crippen LogP contribution is 2.31. The lowest BCUT2D eigenvalue weighted by atomic mass is 9.83. The van der Waals surface area contributed by atoms with E-state index in [1.165, 1.54) is 5.56 Å². The second-order valence-electron chi connectivity index (χ2n) is 8.58. The topological polar surface area (TPSA) is 85.7 Å². The van der Waals surface area contributed by atoms with Crippen LogP contribution >= 0.6 is 0 Å². The van der Waals surface area contributed by atoms with Crippen molar-refractivity contribution in [2.24, 2.45) is 5.41 Å². The number of hydrogen-bond acceptors (Lipinski definition) is 5. The molecule has 8 heteroatoms. The van der Waals surface area contributed by atoms with Crippen molar-refractivity contribution in [3.8, 4) is 5.75 Å². The van der Waals surface area contributed by atoms with Crippen LogP contribution < -0.4 is 10.1 Å². The minimum atomic E-state index is -0.393.